The summed E-state index contributed by atoms with van der Waals surface area (Å²) in [6, 6.07) is -0.469. The largest absolute Gasteiger partial charge is 0.479 e. The highest BCUT2D eigenvalue weighted by Gasteiger charge is 2.27. The normalized spacial score (nSPS) is 19.9. The summed E-state index contributed by atoms with van der Waals surface area (Å²) in [5.41, 5.74) is 0.0149. The molecule has 1 aliphatic rings. The molecule has 0 aliphatic carbocycles. The maximum atomic E-state index is 11.4. The highest BCUT2D eigenvalue weighted by Crippen LogP contribution is 2.28. The van der Waals surface area contributed by atoms with Crippen molar-refractivity contribution in [1.29, 1.82) is 0 Å². The van der Waals surface area contributed by atoms with Crippen molar-refractivity contribution in [1.82, 2.24) is 10.6 Å². The fourth-order valence-corrected chi connectivity index (χ4v) is 1.67. The average Bonchev–Trinajstić information content (AvgIpc) is 2.34. The summed E-state index contributed by atoms with van der Waals surface area (Å²) in [5.74, 6) is -1.35. The van der Waals surface area contributed by atoms with Gasteiger partial charge in [0.1, 0.15) is 0 Å². The van der Waals surface area contributed by atoms with E-state index in [0.717, 1.165) is 12.8 Å². The van der Waals surface area contributed by atoms with Gasteiger partial charge in [0.25, 0.3) is 0 Å². The van der Waals surface area contributed by atoms with Crippen molar-refractivity contribution >= 4 is 12.0 Å². The third-order valence-electron chi connectivity index (χ3n) is 3.12. The fraction of sp³-hybridized carbons (Fsp3) is 0.818. The van der Waals surface area contributed by atoms with E-state index in [4.69, 9.17) is 14.9 Å². The van der Waals surface area contributed by atoms with Crippen molar-refractivity contribution in [3.63, 3.8) is 0 Å². The number of carboxylic acid groups (broad SMARTS) is 1. The molecule has 0 aromatic rings. The summed E-state index contributed by atoms with van der Waals surface area (Å²) in [6.45, 7) is 3.66. The number of ether oxygens (including phenoxy) is 1. The fourth-order valence-electron chi connectivity index (χ4n) is 1.67. The Morgan fingerprint density at radius 1 is 1.33 bits per heavy atom. The molecule has 0 aromatic heterocycles. The van der Waals surface area contributed by atoms with E-state index in [-0.39, 0.29) is 12.0 Å². The summed E-state index contributed by atoms with van der Waals surface area (Å²) >= 11 is 0. The van der Waals surface area contributed by atoms with Crippen LogP contribution in [0, 0.1) is 5.41 Å². The number of aliphatic hydroxyl groups is 1. The molecule has 4 N–H and O–H groups in total. The van der Waals surface area contributed by atoms with E-state index < -0.39 is 18.1 Å². The van der Waals surface area contributed by atoms with Crippen molar-refractivity contribution in [3.8, 4) is 0 Å². The van der Waals surface area contributed by atoms with Crippen LogP contribution in [-0.2, 0) is 9.53 Å². The molecule has 0 radical (unpaired) electrons. The molecule has 7 heteroatoms. The Balaban J connectivity index is 2.22. The molecule has 0 spiro atoms. The molecule has 1 heterocycles. The van der Waals surface area contributed by atoms with Crippen molar-refractivity contribution in [3.05, 3.63) is 0 Å². The highest BCUT2D eigenvalue weighted by atomic mass is 16.5. The monoisotopic (exact) mass is 260 g/mol. The number of hydrogen-bond acceptors (Lipinski definition) is 4. The van der Waals surface area contributed by atoms with Crippen LogP contribution in [0.4, 0.5) is 4.79 Å². The molecule has 0 saturated carbocycles. The summed E-state index contributed by atoms with van der Waals surface area (Å²) in [4.78, 5) is 21.7. The van der Waals surface area contributed by atoms with Crippen molar-refractivity contribution in [2.45, 2.75) is 25.9 Å². The molecule has 0 unspecified atom stereocenters. The van der Waals surface area contributed by atoms with Crippen LogP contribution in [0.1, 0.15) is 19.8 Å². The number of aliphatic hydroxyl groups excluding tert-OH is 1. The van der Waals surface area contributed by atoms with Crippen molar-refractivity contribution < 1.29 is 24.5 Å². The first-order valence-electron chi connectivity index (χ1n) is 5.93. The molecule has 7 nitrogen and oxygen atoms in total. The number of nitrogens with one attached hydrogen (secondary N) is 2. The predicted octanol–water partition coefficient (Wildman–Crippen LogP) is -0.452. The molecule has 0 bridgehead atoms. The standard InChI is InChI=1S/C11H20N2O5/c1-11(2-4-18-5-3-11)7-13-10(17)12-6-8(14)9(15)16/h8,14H,2-7H2,1H3,(H,15,16)(H2,12,13,17)/t8-/m0/s1. The predicted molar refractivity (Wildman–Crippen MR) is 63.2 cm³/mol. The molecule has 1 rings (SSSR count). The molecular weight excluding hydrogens is 240 g/mol. The lowest BCUT2D eigenvalue weighted by Gasteiger charge is -2.33. The van der Waals surface area contributed by atoms with Crippen molar-refractivity contribution in [2.24, 2.45) is 5.41 Å². The maximum Gasteiger partial charge on any atom is 0.334 e. The van der Waals surface area contributed by atoms with E-state index in [1.54, 1.807) is 0 Å². The second-order valence-corrected chi connectivity index (χ2v) is 4.84. The number of hydrogen-bond donors (Lipinski definition) is 4. The molecule has 0 aromatic carbocycles. The van der Waals surface area contributed by atoms with E-state index in [0.29, 0.717) is 19.8 Å². The van der Waals surface area contributed by atoms with Gasteiger partial charge in [-0.15, -0.1) is 0 Å². The second-order valence-electron chi connectivity index (χ2n) is 4.84. The van der Waals surface area contributed by atoms with Crippen LogP contribution in [0.15, 0.2) is 0 Å². The van der Waals surface area contributed by atoms with Crippen LogP contribution in [0.2, 0.25) is 0 Å². The summed E-state index contributed by atoms with van der Waals surface area (Å²) in [5, 5.41) is 22.4. The quantitative estimate of drug-likeness (QED) is 0.535. The van der Waals surface area contributed by atoms with Crippen LogP contribution in [0.3, 0.4) is 0 Å². The number of carbonyl (C=O) groups is 2. The molecular formula is C11H20N2O5. The Hall–Kier alpha value is -1.34. The van der Waals surface area contributed by atoms with Crippen LogP contribution < -0.4 is 10.6 Å². The molecule has 2 amide bonds. The van der Waals surface area contributed by atoms with Gasteiger partial charge in [0.15, 0.2) is 6.10 Å². The van der Waals surface area contributed by atoms with Crippen LogP contribution in [-0.4, -0.2) is 54.6 Å². The van der Waals surface area contributed by atoms with Gasteiger partial charge in [-0.25, -0.2) is 9.59 Å². The van der Waals surface area contributed by atoms with Gasteiger partial charge in [-0.3, -0.25) is 0 Å². The number of aliphatic carboxylic acids is 1. The average molecular weight is 260 g/mol. The Labute approximate surface area is 106 Å². The minimum absolute atomic E-state index is 0.0149. The lowest BCUT2D eigenvalue weighted by Crippen LogP contribution is -2.46. The third-order valence-corrected chi connectivity index (χ3v) is 3.12. The van der Waals surface area contributed by atoms with Gasteiger partial charge >= 0.3 is 12.0 Å². The lowest BCUT2D eigenvalue weighted by atomic mass is 9.82. The van der Waals surface area contributed by atoms with E-state index in [1.165, 1.54) is 0 Å². The van der Waals surface area contributed by atoms with Gasteiger partial charge in [-0.1, -0.05) is 6.92 Å². The minimum atomic E-state index is -1.57. The van der Waals surface area contributed by atoms with E-state index >= 15 is 0 Å². The van der Waals surface area contributed by atoms with Gasteiger partial charge in [0.2, 0.25) is 0 Å². The number of carbonyl (C=O) groups excluding carboxylic acids is 1. The SMILES string of the molecule is CC1(CNC(=O)NC[C@H](O)C(=O)O)CCOCC1. The third kappa shape index (κ3) is 4.89. The maximum absolute atomic E-state index is 11.4. The molecule has 1 atom stereocenters. The van der Waals surface area contributed by atoms with Gasteiger partial charge in [-0.05, 0) is 18.3 Å². The zero-order valence-corrected chi connectivity index (χ0v) is 10.4. The van der Waals surface area contributed by atoms with Crippen LogP contribution >= 0.6 is 0 Å². The van der Waals surface area contributed by atoms with Gasteiger partial charge in [0, 0.05) is 19.8 Å². The number of carboxylic acids is 1. The van der Waals surface area contributed by atoms with E-state index in [9.17, 15) is 9.59 Å². The Morgan fingerprint density at radius 3 is 2.50 bits per heavy atom. The van der Waals surface area contributed by atoms with E-state index in [1.807, 2.05) is 0 Å². The van der Waals surface area contributed by atoms with E-state index in [2.05, 4.69) is 17.6 Å². The number of amides is 2. The smallest absolute Gasteiger partial charge is 0.334 e. The first-order chi connectivity index (χ1) is 8.43. The first-order valence-corrected chi connectivity index (χ1v) is 5.93. The zero-order chi connectivity index (χ0) is 13.6. The highest BCUT2D eigenvalue weighted by molar-refractivity contribution is 5.76. The number of rotatable bonds is 5. The Bertz CT molecular complexity index is 302. The summed E-state index contributed by atoms with van der Waals surface area (Å²) in [7, 11) is 0. The molecule has 1 fully saturated rings. The minimum Gasteiger partial charge on any atom is -0.479 e. The summed E-state index contributed by atoms with van der Waals surface area (Å²) in [6.07, 6.45) is 0.185. The lowest BCUT2D eigenvalue weighted by molar-refractivity contribution is -0.146. The number of urea groups is 1. The molecule has 18 heavy (non-hydrogen) atoms. The Kier molecular flexibility index (Phi) is 5.36. The Morgan fingerprint density at radius 2 is 1.94 bits per heavy atom. The zero-order valence-electron chi connectivity index (χ0n) is 10.4. The van der Waals surface area contributed by atoms with Gasteiger partial charge < -0.3 is 25.6 Å². The van der Waals surface area contributed by atoms with Gasteiger partial charge in [-0.2, -0.15) is 0 Å². The molecule has 1 saturated heterocycles. The molecule has 104 valence electrons. The van der Waals surface area contributed by atoms with Gasteiger partial charge in [0.05, 0.1) is 6.54 Å². The van der Waals surface area contributed by atoms with Crippen molar-refractivity contribution in [2.75, 3.05) is 26.3 Å². The second kappa shape index (κ2) is 6.55. The molecule has 1 aliphatic heterocycles. The first kappa shape index (κ1) is 14.7. The summed E-state index contributed by atoms with van der Waals surface area (Å²) < 4.78 is 5.25. The topological polar surface area (TPSA) is 108 Å². The van der Waals surface area contributed by atoms with Crippen LogP contribution in [0.25, 0.3) is 0 Å². The van der Waals surface area contributed by atoms with Crippen LogP contribution in [0.5, 0.6) is 0 Å².